The fourth-order valence-corrected chi connectivity index (χ4v) is 2.63. The van der Waals surface area contributed by atoms with Crippen LogP contribution in [0.1, 0.15) is 31.2 Å². The van der Waals surface area contributed by atoms with Crippen molar-refractivity contribution in [3.05, 3.63) is 35.9 Å². The minimum Gasteiger partial charge on any atom is -0.481 e. The van der Waals surface area contributed by atoms with Gasteiger partial charge in [-0.3, -0.25) is 14.5 Å². The van der Waals surface area contributed by atoms with E-state index >= 15 is 0 Å². The third-order valence-electron chi connectivity index (χ3n) is 3.86. The van der Waals surface area contributed by atoms with Crippen molar-refractivity contribution in [2.75, 3.05) is 13.1 Å². The van der Waals surface area contributed by atoms with Gasteiger partial charge in [0.05, 0.1) is 0 Å². The smallest absolute Gasteiger partial charge is 0.410 e. The molecule has 2 N–H and O–H groups in total. The zero-order valence-electron chi connectivity index (χ0n) is 13.4. The molecule has 7 heteroatoms. The minimum atomic E-state index is -0.892. The van der Waals surface area contributed by atoms with E-state index in [1.54, 1.807) is 0 Å². The van der Waals surface area contributed by atoms with Crippen molar-refractivity contribution in [1.29, 1.82) is 0 Å². The average Bonchev–Trinajstić information content (AvgIpc) is 3.07. The van der Waals surface area contributed by atoms with Crippen LogP contribution in [0.25, 0.3) is 0 Å². The zero-order valence-corrected chi connectivity index (χ0v) is 13.4. The maximum absolute atomic E-state index is 12.2. The maximum atomic E-state index is 12.2. The predicted molar refractivity (Wildman–Crippen MR) is 86.2 cm³/mol. The van der Waals surface area contributed by atoms with Crippen molar-refractivity contribution in [1.82, 2.24) is 10.2 Å². The number of hydrogen-bond acceptors (Lipinski definition) is 4. The number of ether oxygens (including phenoxy) is 1. The molecule has 1 heterocycles. The van der Waals surface area contributed by atoms with E-state index in [1.165, 1.54) is 4.90 Å². The van der Waals surface area contributed by atoms with Crippen LogP contribution in [-0.2, 0) is 20.9 Å². The van der Waals surface area contributed by atoms with Crippen molar-refractivity contribution in [3.63, 3.8) is 0 Å². The Morgan fingerprint density at radius 2 is 2.00 bits per heavy atom. The van der Waals surface area contributed by atoms with Crippen molar-refractivity contribution < 1.29 is 24.2 Å². The number of carbonyl (C=O) groups excluding carboxylic acids is 2. The summed E-state index contributed by atoms with van der Waals surface area (Å²) in [5, 5.41) is 11.3. The van der Waals surface area contributed by atoms with E-state index in [2.05, 4.69) is 5.32 Å². The monoisotopic (exact) mass is 334 g/mol. The molecule has 1 saturated heterocycles. The summed E-state index contributed by atoms with van der Waals surface area (Å²) in [6, 6.07) is 8.81. The van der Waals surface area contributed by atoms with Crippen molar-refractivity contribution in [3.8, 4) is 0 Å². The van der Waals surface area contributed by atoms with Crippen LogP contribution in [-0.4, -0.2) is 47.1 Å². The molecule has 130 valence electrons. The minimum absolute atomic E-state index is 0.00772. The van der Waals surface area contributed by atoms with E-state index < -0.39 is 18.1 Å². The summed E-state index contributed by atoms with van der Waals surface area (Å²) in [7, 11) is 0. The summed E-state index contributed by atoms with van der Waals surface area (Å²) in [6.07, 6.45) is 1.21. The number of carbonyl (C=O) groups is 3. The number of amides is 2. The zero-order chi connectivity index (χ0) is 17.4. The molecule has 2 amide bonds. The van der Waals surface area contributed by atoms with Gasteiger partial charge in [-0.15, -0.1) is 0 Å². The molecule has 2 rings (SSSR count). The van der Waals surface area contributed by atoms with Gasteiger partial charge in [0.1, 0.15) is 12.6 Å². The Morgan fingerprint density at radius 3 is 2.71 bits per heavy atom. The van der Waals surface area contributed by atoms with E-state index in [9.17, 15) is 14.4 Å². The Bertz CT molecular complexity index is 576. The Hall–Kier alpha value is -2.57. The first-order valence-electron chi connectivity index (χ1n) is 8.05. The molecular weight excluding hydrogens is 312 g/mol. The molecule has 0 spiro atoms. The lowest BCUT2D eigenvalue weighted by Crippen LogP contribution is -2.46. The fraction of sp³-hybridized carbons (Fsp3) is 0.471. The number of benzene rings is 1. The lowest BCUT2D eigenvalue weighted by atomic mass is 10.2. The Kier molecular flexibility index (Phi) is 6.60. The molecule has 0 aliphatic carbocycles. The van der Waals surface area contributed by atoms with E-state index in [-0.39, 0.29) is 25.5 Å². The topological polar surface area (TPSA) is 95.9 Å². The molecule has 0 bridgehead atoms. The number of carboxylic acid groups (broad SMARTS) is 1. The number of hydrogen-bond donors (Lipinski definition) is 2. The van der Waals surface area contributed by atoms with Gasteiger partial charge in [-0.1, -0.05) is 30.3 Å². The number of likely N-dealkylation sites (tertiary alicyclic amines) is 1. The highest BCUT2D eigenvalue weighted by atomic mass is 16.6. The Morgan fingerprint density at radius 1 is 1.25 bits per heavy atom. The SMILES string of the molecule is O=C(O)CCCNC(=O)C1CCCN1C(=O)OCc1ccccc1. The van der Waals surface area contributed by atoms with E-state index in [0.29, 0.717) is 19.4 Å². The molecule has 1 aromatic carbocycles. The first-order valence-corrected chi connectivity index (χ1v) is 8.05. The number of rotatable bonds is 7. The highest BCUT2D eigenvalue weighted by molar-refractivity contribution is 5.86. The quantitative estimate of drug-likeness (QED) is 0.741. The van der Waals surface area contributed by atoms with E-state index in [0.717, 1.165) is 12.0 Å². The highest BCUT2D eigenvalue weighted by Crippen LogP contribution is 2.19. The largest absolute Gasteiger partial charge is 0.481 e. The molecule has 1 aliphatic rings. The van der Waals surface area contributed by atoms with Crippen LogP contribution >= 0.6 is 0 Å². The predicted octanol–water partition coefficient (Wildman–Crippen LogP) is 1.77. The second kappa shape index (κ2) is 8.90. The summed E-state index contributed by atoms with van der Waals surface area (Å²) in [5.41, 5.74) is 0.889. The van der Waals surface area contributed by atoms with Gasteiger partial charge in [0.15, 0.2) is 0 Å². The molecule has 0 radical (unpaired) electrons. The first kappa shape index (κ1) is 17.8. The van der Waals surface area contributed by atoms with Gasteiger partial charge in [0.25, 0.3) is 0 Å². The lowest BCUT2D eigenvalue weighted by Gasteiger charge is -2.23. The number of carboxylic acids is 1. The van der Waals surface area contributed by atoms with Crippen LogP contribution in [0.4, 0.5) is 4.79 Å². The second-order valence-electron chi connectivity index (χ2n) is 5.68. The van der Waals surface area contributed by atoms with Crippen LogP contribution < -0.4 is 5.32 Å². The molecule has 0 saturated carbocycles. The van der Waals surface area contributed by atoms with Crippen molar-refractivity contribution in [2.24, 2.45) is 0 Å². The van der Waals surface area contributed by atoms with Gasteiger partial charge < -0.3 is 15.2 Å². The molecular formula is C17H22N2O5. The Balaban J connectivity index is 1.79. The average molecular weight is 334 g/mol. The van der Waals surface area contributed by atoms with Gasteiger partial charge in [0.2, 0.25) is 5.91 Å². The summed E-state index contributed by atoms with van der Waals surface area (Å²) >= 11 is 0. The van der Waals surface area contributed by atoms with Gasteiger partial charge >= 0.3 is 12.1 Å². The van der Waals surface area contributed by atoms with Crippen LogP contribution in [0.2, 0.25) is 0 Å². The maximum Gasteiger partial charge on any atom is 0.410 e. The van der Waals surface area contributed by atoms with Gasteiger partial charge in [-0.25, -0.2) is 4.79 Å². The standard InChI is InChI=1S/C17H22N2O5/c20-15(21)9-4-10-18-16(22)14-8-5-11-19(14)17(23)24-12-13-6-2-1-3-7-13/h1-3,6-7,14H,4-5,8-12H2,(H,18,22)(H,20,21). The second-order valence-corrected chi connectivity index (χ2v) is 5.68. The number of nitrogens with zero attached hydrogens (tertiary/aromatic N) is 1. The molecule has 1 atom stereocenters. The first-order chi connectivity index (χ1) is 11.6. The summed E-state index contributed by atoms with van der Waals surface area (Å²) < 4.78 is 5.28. The number of nitrogens with one attached hydrogen (secondary N) is 1. The molecule has 24 heavy (non-hydrogen) atoms. The molecule has 1 fully saturated rings. The third-order valence-corrected chi connectivity index (χ3v) is 3.86. The van der Waals surface area contributed by atoms with Gasteiger partial charge in [-0.2, -0.15) is 0 Å². The third kappa shape index (κ3) is 5.26. The van der Waals surface area contributed by atoms with Gasteiger partial charge in [-0.05, 0) is 24.8 Å². The van der Waals surface area contributed by atoms with Crippen LogP contribution in [0.5, 0.6) is 0 Å². The summed E-state index contributed by atoms with van der Waals surface area (Å²) in [5.74, 6) is -1.15. The molecule has 1 aliphatic heterocycles. The summed E-state index contributed by atoms with van der Waals surface area (Å²) in [6.45, 7) is 0.943. The lowest BCUT2D eigenvalue weighted by molar-refractivity contribution is -0.137. The van der Waals surface area contributed by atoms with Crippen LogP contribution in [0.3, 0.4) is 0 Å². The van der Waals surface area contributed by atoms with E-state index in [4.69, 9.17) is 9.84 Å². The van der Waals surface area contributed by atoms with Crippen molar-refractivity contribution >= 4 is 18.0 Å². The van der Waals surface area contributed by atoms with Crippen molar-refractivity contribution in [2.45, 2.75) is 38.3 Å². The van der Waals surface area contributed by atoms with E-state index in [1.807, 2.05) is 30.3 Å². The summed E-state index contributed by atoms with van der Waals surface area (Å²) in [4.78, 5) is 36.3. The fourth-order valence-electron chi connectivity index (χ4n) is 2.63. The van der Waals surface area contributed by atoms with Crippen LogP contribution in [0.15, 0.2) is 30.3 Å². The normalized spacial score (nSPS) is 16.7. The van der Waals surface area contributed by atoms with Crippen LogP contribution in [0, 0.1) is 0 Å². The van der Waals surface area contributed by atoms with Gasteiger partial charge in [0, 0.05) is 19.5 Å². The number of aliphatic carboxylic acids is 1. The molecule has 0 aromatic heterocycles. The molecule has 1 unspecified atom stereocenters. The highest BCUT2D eigenvalue weighted by Gasteiger charge is 2.34. The molecule has 7 nitrogen and oxygen atoms in total. The molecule has 1 aromatic rings. The Labute approximate surface area is 140 Å².